The zero-order chi connectivity index (χ0) is 9.84. The van der Waals surface area contributed by atoms with Crippen LogP contribution < -0.4 is 5.73 Å². The van der Waals surface area contributed by atoms with Gasteiger partial charge in [-0.05, 0) is 36.7 Å². The highest BCUT2D eigenvalue weighted by atomic mass is 79.9. The van der Waals surface area contributed by atoms with Crippen molar-refractivity contribution < 1.29 is 9.50 Å². The highest BCUT2D eigenvalue weighted by Crippen LogP contribution is 2.21. The van der Waals surface area contributed by atoms with E-state index in [2.05, 4.69) is 15.9 Å². The monoisotopic (exact) mass is 247 g/mol. The van der Waals surface area contributed by atoms with E-state index in [4.69, 9.17) is 5.73 Å². The van der Waals surface area contributed by atoms with Crippen LogP contribution in [0, 0.1) is 5.82 Å². The molecule has 72 valence electrons. The molecule has 0 bridgehead atoms. The van der Waals surface area contributed by atoms with E-state index in [0.717, 1.165) is 0 Å². The Morgan fingerprint density at radius 3 is 2.69 bits per heavy atom. The lowest BCUT2D eigenvalue weighted by Crippen LogP contribution is -2.06. The molecule has 0 aliphatic heterocycles. The van der Waals surface area contributed by atoms with Crippen LogP contribution in [0.5, 0.6) is 0 Å². The highest BCUT2D eigenvalue weighted by molar-refractivity contribution is 9.10. The topological polar surface area (TPSA) is 46.2 Å². The molecule has 3 N–H and O–H groups in total. The van der Waals surface area contributed by atoms with Gasteiger partial charge in [0.1, 0.15) is 5.82 Å². The summed E-state index contributed by atoms with van der Waals surface area (Å²) < 4.78 is 13.5. The van der Waals surface area contributed by atoms with Crippen LogP contribution >= 0.6 is 15.9 Å². The molecule has 0 aromatic heterocycles. The van der Waals surface area contributed by atoms with Gasteiger partial charge >= 0.3 is 0 Å². The molecule has 0 fully saturated rings. The van der Waals surface area contributed by atoms with E-state index >= 15 is 0 Å². The molecular weight excluding hydrogens is 237 g/mol. The second-order valence-electron chi connectivity index (χ2n) is 2.80. The van der Waals surface area contributed by atoms with Crippen LogP contribution in [0.3, 0.4) is 0 Å². The summed E-state index contributed by atoms with van der Waals surface area (Å²) in [7, 11) is 0. The molecule has 0 radical (unpaired) electrons. The number of aliphatic hydroxyl groups is 1. The predicted octanol–water partition coefficient (Wildman–Crippen LogP) is 1.97. The molecule has 1 aromatic carbocycles. The van der Waals surface area contributed by atoms with E-state index in [9.17, 15) is 9.50 Å². The summed E-state index contributed by atoms with van der Waals surface area (Å²) in [5, 5.41) is 9.50. The van der Waals surface area contributed by atoms with Crippen LogP contribution in [-0.4, -0.2) is 11.7 Å². The number of nitrogens with two attached hydrogens (primary N) is 1. The van der Waals surface area contributed by atoms with Gasteiger partial charge in [0.2, 0.25) is 0 Å². The second kappa shape index (κ2) is 4.69. The van der Waals surface area contributed by atoms with Gasteiger partial charge in [-0.3, -0.25) is 0 Å². The van der Waals surface area contributed by atoms with E-state index < -0.39 is 6.10 Å². The number of benzene rings is 1. The van der Waals surface area contributed by atoms with Crippen molar-refractivity contribution in [3.8, 4) is 0 Å². The minimum Gasteiger partial charge on any atom is -0.388 e. The molecule has 0 unspecified atom stereocenters. The summed E-state index contributed by atoms with van der Waals surface area (Å²) in [6.07, 6.45) is -0.243. The van der Waals surface area contributed by atoms with Gasteiger partial charge in [0, 0.05) is 4.47 Å². The van der Waals surface area contributed by atoms with Gasteiger partial charge in [-0.15, -0.1) is 0 Å². The number of hydrogen-bond acceptors (Lipinski definition) is 2. The molecule has 1 aromatic rings. The molecule has 0 aliphatic rings. The fourth-order valence-electron chi connectivity index (χ4n) is 1.09. The molecule has 0 amide bonds. The van der Waals surface area contributed by atoms with Crippen LogP contribution in [0.25, 0.3) is 0 Å². The Labute approximate surface area is 84.7 Å². The molecule has 0 aliphatic carbocycles. The summed E-state index contributed by atoms with van der Waals surface area (Å²) in [6, 6.07) is 4.34. The van der Waals surface area contributed by atoms with E-state index in [1.54, 1.807) is 6.07 Å². The normalized spacial score (nSPS) is 12.9. The number of rotatable bonds is 3. The third-order valence-corrected chi connectivity index (χ3v) is 2.17. The van der Waals surface area contributed by atoms with Gasteiger partial charge in [0.05, 0.1) is 6.10 Å². The highest BCUT2D eigenvalue weighted by Gasteiger charge is 2.08. The van der Waals surface area contributed by atoms with Crippen LogP contribution in [0.1, 0.15) is 18.1 Å². The lowest BCUT2D eigenvalue weighted by atomic mass is 10.1. The fraction of sp³-hybridized carbons (Fsp3) is 0.333. The number of hydrogen-bond donors (Lipinski definition) is 2. The molecule has 1 atom stereocenters. The molecule has 13 heavy (non-hydrogen) atoms. The minimum atomic E-state index is -0.683. The van der Waals surface area contributed by atoms with Gasteiger partial charge in [0.15, 0.2) is 0 Å². The SMILES string of the molecule is NCC[C@@H](O)c1cc(F)cc(Br)c1. The Morgan fingerprint density at radius 1 is 1.46 bits per heavy atom. The Bertz CT molecular complexity index is 273. The first kappa shape index (κ1) is 10.6. The van der Waals surface area contributed by atoms with Gasteiger partial charge in [-0.2, -0.15) is 0 Å². The van der Waals surface area contributed by atoms with Gasteiger partial charge in [-0.25, -0.2) is 4.39 Å². The van der Waals surface area contributed by atoms with E-state index in [0.29, 0.717) is 23.0 Å². The van der Waals surface area contributed by atoms with Crippen molar-refractivity contribution in [1.29, 1.82) is 0 Å². The largest absolute Gasteiger partial charge is 0.388 e. The molecular formula is C9H11BrFNO. The molecule has 2 nitrogen and oxygen atoms in total. The maximum atomic E-state index is 12.9. The molecule has 0 heterocycles. The molecule has 0 spiro atoms. The summed E-state index contributed by atoms with van der Waals surface area (Å²) in [5.41, 5.74) is 5.83. The maximum Gasteiger partial charge on any atom is 0.124 e. The lowest BCUT2D eigenvalue weighted by molar-refractivity contribution is 0.170. The quantitative estimate of drug-likeness (QED) is 0.858. The molecule has 0 saturated carbocycles. The molecule has 0 saturated heterocycles. The predicted molar refractivity (Wildman–Crippen MR) is 52.7 cm³/mol. The van der Waals surface area contributed by atoms with Gasteiger partial charge in [-0.1, -0.05) is 15.9 Å². The van der Waals surface area contributed by atoms with Crippen LogP contribution in [-0.2, 0) is 0 Å². The molecule has 1 rings (SSSR count). The van der Waals surface area contributed by atoms with Gasteiger partial charge in [0.25, 0.3) is 0 Å². The Kier molecular flexibility index (Phi) is 3.84. The summed E-state index contributed by atoms with van der Waals surface area (Å²) in [5.74, 6) is -0.361. The first-order chi connectivity index (χ1) is 6.13. The van der Waals surface area contributed by atoms with Crippen molar-refractivity contribution in [3.63, 3.8) is 0 Å². The fourth-order valence-corrected chi connectivity index (χ4v) is 1.58. The number of aliphatic hydroxyl groups excluding tert-OH is 1. The van der Waals surface area contributed by atoms with E-state index in [1.165, 1.54) is 12.1 Å². The van der Waals surface area contributed by atoms with Crippen LogP contribution in [0.15, 0.2) is 22.7 Å². The summed E-state index contributed by atoms with van der Waals surface area (Å²) >= 11 is 3.15. The lowest BCUT2D eigenvalue weighted by Gasteiger charge is -2.09. The Hall–Kier alpha value is -0.450. The molecule has 4 heteroatoms. The average Bonchev–Trinajstić information content (AvgIpc) is 2.03. The third-order valence-electron chi connectivity index (χ3n) is 1.71. The average molecular weight is 248 g/mol. The van der Waals surface area contributed by atoms with Crippen molar-refractivity contribution in [1.82, 2.24) is 0 Å². The zero-order valence-electron chi connectivity index (χ0n) is 7.00. The maximum absolute atomic E-state index is 12.9. The van der Waals surface area contributed by atoms with Crippen molar-refractivity contribution in [2.45, 2.75) is 12.5 Å². The van der Waals surface area contributed by atoms with Gasteiger partial charge < -0.3 is 10.8 Å². The third kappa shape index (κ3) is 3.06. The van der Waals surface area contributed by atoms with Crippen LogP contribution in [0.2, 0.25) is 0 Å². The first-order valence-electron chi connectivity index (χ1n) is 3.97. The minimum absolute atomic E-state index is 0.361. The number of halogens is 2. The smallest absolute Gasteiger partial charge is 0.124 e. The standard InChI is InChI=1S/C9H11BrFNO/c10-7-3-6(4-8(11)5-7)9(13)1-2-12/h3-5,9,13H,1-2,12H2/t9-/m1/s1. The summed E-state index contributed by atoms with van der Waals surface area (Å²) in [6.45, 7) is 0.384. The van der Waals surface area contributed by atoms with Crippen molar-refractivity contribution in [3.05, 3.63) is 34.1 Å². The first-order valence-corrected chi connectivity index (χ1v) is 4.77. The van der Waals surface area contributed by atoms with Crippen molar-refractivity contribution in [2.24, 2.45) is 5.73 Å². The van der Waals surface area contributed by atoms with Crippen molar-refractivity contribution >= 4 is 15.9 Å². The Balaban J connectivity index is 2.87. The van der Waals surface area contributed by atoms with Crippen LogP contribution in [0.4, 0.5) is 4.39 Å². The van der Waals surface area contributed by atoms with Crippen molar-refractivity contribution in [2.75, 3.05) is 6.54 Å². The van der Waals surface area contributed by atoms with E-state index in [1.807, 2.05) is 0 Å². The summed E-state index contributed by atoms with van der Waals surface area (Å²) in [4.78, 5) is 0. The Morgan fingerprint density at radius 2 is 2.15 bits per heavy atom. The van der Waals surface area contributed by atoms with E-state index in [-0.39, 0.29) is 5.82 Å². The second-order valence-corrected chi connectivity index (χ2v) is 3.71. The zero-order valence-corrected chi connectivity index (χ0v) is 8.59.